The Morgan fingerprint density at radius 3 is 1.87 bits per heavy atom. The van der Waals surface area contributed by atoms with Gasteiger partial charge in [-0.3, -0.25) is 4.79 Å². The third-order valence-electron chi connectivity index (χ3n) is 6.54. The maximum Gasteiger partial charge on any atom is 0.303 e. The summed E-state index contributed by atoms with van der Waals surface area (Å²) in [5.74, 6) is 2.85. The van der Waals surface area contributed by atoms with Crippen LogP contribution in [0.2, 0.25) is 0 Å². The molecule has 3 aromatic carbocycles. The summed E-state index contributed by atoms with van der Waals surface area (Å²) in [5.41, 5.74) is 2.18. The predicted molar refractivity (Wildman–Crippen MR) is 139 cm³/mol. The molecular formula is C29H32O9. The molecule has 3 atom stereocenters. The van der Waals surface area contributed by atoms with Gasteiger partial charge in [-0.05, 0) is 18.2 Å². The molecule has 9 heteroatoms. The van der Waals surface area contributed by atoms with Crippen LogP contribution < -0.4 is 33.2 Å². The topological polar surface area (TPSA) is 90.9 Å². The van der Waals surface area contributed by atoms with Crippen LogP contribution >= 0.6 is 0 Å². The normalized spacial score (nSPS) is 17.9. The third kappa shape index (κ3) is 4.96. The smallest absolute Gasteiger partial charge is 0.303 e. The number of carbonyl (C=O) groups is 1. The monoisotopic (exact) mass is 524 g/mol. The first-order valence-electron chi connectivity index (χ1n) is 11.9. The minimum atomic E-state index is -0.803. The largest absolute Gasteiger partial charge is 0.497 e. The van der Waals surface area contributed by atoms with E-state index in [1.807, 2.05) is 30.3 Å². The van der Waals surface area contributed by atoms with Gasteiger partial charge in [-0.25, -0.2) is 0 Å². The Hall–Kier alpha value is -4.27. The van der Waals surface area contributed by atoms with Crippen LogP contribution in [-0.4, -0.2) is 54.7 Å². The molecule has 0 N–H and O–H groups in total. The number of methoxy groups -OCH3 is 6. The van der Waals surface area contributed by atoms with Gasteiger partial charge >= 0.3 is 5.97 Å². The maximum atomic E-state index is 12.5. The number of hydrogen-bond donors (Lipinski definition) is 0. The molecule has 4 rings (SSSR count). The Balaban J connectivity index is 2.01. The van der Waals surface area contributed by atoms with Crippen molar-refractivity contribution in [3.8, 4) is 40.2 Å². The summed E-state index contributed by atoms with van der Waals surface area (Å²) in [5, 5.41) is 0. The Kier molecular flexibility index (Phi) is 8.05. The molecule has 0 aliphatic carbocycles. The van der Waals surface area contributed by atoms with Gasteiger partial charge in [0.1, 0.15) is 28.7 Å². The molecule has 0 saturated carbocycles. The van der Waals surface area contributed by atoms with Gasteiger partial charge in [0.15, 0.2) is 23.7 Å². The van der Waals surface area contributed by atoms with Crippen molar-refractivity contribution in [3.05, 3.63) is 65.2 Å². The Morgan fingerprint density at radius 1 is 0.684 bits per heavy atom. The highest BCUT2D eigenvalue weighted by Gasteiger charge is 2.45. The van der Waals surface area contributed by atoms with E-state index in [2.05, 4.69) is 0 Å². The molecule has 0 aromatic heterocycles. The average molecular weight is 525 g/mol. The number of esters is 1. The maximum absolute atomic E-state index is 12.5. The van der Waals surface area contributed by atoms with E-state index in [-0.39, 0.29) is 0 Å². The van der Waals surface area contributed by atoms with E-state index < -0.39 is 24.1 Å². The highest BCUT2D eigenvalue weighted by atomic mass is 16.6. The first-order chi connectivity index (χ1) is 18.4. The van der Waals surface area contributed by atoms with Gasteiger partial charge in [-0.1, -0.05) is 12.1 Å². The van der Waals surface area contributed by atoms with Gasteiger partial charge in [0.25, 0.3) is 0 Å². The van der Waals surface area contributed by atoms with E-state index in [9.17, 15) is 4.79 Å². The fourth-order valence-electron chi connectivity index (χ4n) is 4.82. The third-order valence-corrected chi connectivity index (χ3v) is 6.54. The second kappa shape index (κ2) is 11.4. The van der Waals surface area contributed by atoms with E-state index in [0.717, 1.165) is 11.1 Å². The SMILES string of the molecule is COc1ccc2c(c1)O[C@@H](c1ccc(OC)c(OC)c1)[C@@H](OC(C)=O)[C@H]2c1c(OC)cc(OC)cc1OC. The van der Waals surface area contributed by atoms with Crippen LogP contribution in [0.1, 0.15) is 35.6 Å². The van der Waals surface area contributed by atoms with E-state index in [1.54, 1.807) is 60.9 Å². The van der Waals surface area contributed by atoms with Crippen LogP contribution in [-0.2, 0) is 9.53 Å². The highest BCUT2D eigenvalue weighted by Crippen LogP contribution is 2.53. The van der Waals surface area contributed by atoms with Gasteiger partial charge in [-0.2, -0.15) is 0 Å². The number of carbonyl (C=O) groups excluding carboxylic acids is 1. The average Bonchev–Trinajstić information content (AvgIpc) is 2.95. The molecule has 9 nitrogen and oxygen atoms in total. The van der Waals surface area contributed by atoms with Crippen LogP contribution in [0, 0.1) is 0 Å². The number of ether oxygens (including phenoxy) is 8. The minimum absolute atomic E-state index is 0.461. The van der Waals surface area contributed by atoms with Gasteiger partial charge in [0.2, 0.25) is 0 Å². The molecule has 1 aliphatic rings. The molecule has 202 valence electrons. The summed E-state index contributed by atoms with van der Waals surface area (Å²) in [7, 11) is 9.42. The molecule has 0 radical (unpaired) electrons. The molecule has 38 heavy (non-hydrogen) atoms. The summed E-state index contributed by atoms with van der Waals surface area (Å²) in [4.78, 5) is 12.5. The lowest BCUT2D eigenvalue weighted by Gasteiger charge is -2.40. The molecule has 3 aromatic rings. The van der Waals surface area contributed by atoms with Crippen LogP contribution in [0.3, 0.4) is 0 Å². The van der Waals surface area contributed by atoms with Crippen molar-refractivity contribution in [2.75, 3.05) is 42.7 Å². The zero-order valence-corrected chi connectivity index (χ0v) is 22.5. The van der Waals surface area contributed by atoms with Crippen molar-refractivity contribution in [3.63, 3.8) is 0 Å². The van der Waals surface area contributed by atoms with Crippen LogP contribution in [0.5, 0.6) is 40.2 Å². The number of benzene rings is 3. The van der Waals surface area contributed by atoms with Crippen molar-refractivity contribution in [2.24, 2.45) is 0 Å². The predicted octanol–water partition coefficient (Wildman–Crippen LogP) is 4.94. The van der Waals surface area contributed by atoms with Crippen molar-refractivity contribution in [1.82, 2.24) is 0 Å². The van der Waals surface area contributed by atoms with Gasteiger partial charge in [-0.15, -0.1) is 0 Å². The second-order valence-corrected chi connectivity index (χ2v) is 8.55. The highest BCUT2D eigenvalue weighted by molar-refractivity contribution is 5.67. The van der Waals surface area contributed by atoms with Crippen molar-refractivity contribution in [1.29, 1.82) is 0 Å². The Bertz CT molecular complexity index is 1280. The summed E-state index contributed by atoms with van der Waals surface area (Å²) < 4.78 is 46.0. The molecular weight excluding hydrogens is 492 g/mol. The fraction of sp³-hybridized carbons (Fsp3) is 0.345. The van der Waals surface area contributed by atoms with Crippen molar-refractivity contribution in [2.45, 2.75) is 25.0 Å². The second-order valence-electron chi connectivity index (χ2n) is 8.55. The van der Waals surface area contributed by atoms with Crippen LogP contribution in [0.25, 0.3) is 0 Å². The quantitative estimate of drug-likeness (QED) is 0.361. The zero-order valence-electron chi connectivity index (χ0n) is 22.5. The number of hydrogen-bond acceptors (Lipinski definition) is 9. The fourth-order valence-corrected chi connectivity index (χ4v) is 4.82. The molecule has 0 spiro atoms. The van der Waals surface area contributed by atoms with E-state index in [4.69, 9.17) is 37.9 Å². The van der Waals surface area contributed by atoms with Crippen LogP contribution in [0.15, 0.2) is 48.5 Å². The molecule has 0 bridgehead atoms. The zero-order chi connectivity index (χ0) is 27.4. The molecule has 0 fully saturated rings. The van der Waals surface area contributed by atoms with Gasteiger partial charge < -0.3 is 37.9 Å². The molecule has 0 unspecified atom stereocenters. The molecule has 0 amide bonds. The number of fused-ring (bicyclic) bond motifs is 1. The van der Waals surface area contributed by atoms with E-state index in [0.29, 0.717) is 45.8 Å². The van der Waals surface area contributed by atoms with E-state index >= 15 is 0 Å². The van der Waals surface area contributed by atoms with Gasteiger partial charge in [0.05, 0.1) is 48.6 Å². The first kappa shape index (κ1) is 26.8. The summed E-state index contributed by atoms with van der Waals surface area (Å²) in [6.07, 6.45) is -1.53. The standard InChI is InChI=1S/C29H32O9/c1-16(30)37-29-26(27-24(35-6)14-19(32-3)15-25(27)36-7)20-10-9-18(31-2)13-22(20)38-28(29)17-8-11-21(33-4)23(12-17)34-5/h8-15,26,28-29H,1-7H3/t26-,28+,29+/m1/s1. The van der Waals surface area contributed by atoms with Crippen LogP contribution in [0.4, 0.5) is 0 Å². The van der Waals surface area contributed by atoms with E-state index in [1.165, 1.54) is 6.92 Å². The molecule has 0 saturated heterocycles. The lowest BCUT2D eigenvalue weighted by Crippen LogP contribution is -2.38. The van der Waals surface area contributed by atoms with Gasteiger partial charge in [0, 0.05) is 41.8 Å². The summed E-state index contributed by atoms with van der Waals surface area (Å²) >= 11 is 0. The Morgan fingerprint density at radius 2 is 1.32 bits per heavy atom. The number of rotatable bonds is 9. The van der Waals surface area contributed by atoms with Crippen molar-refractivity contribution >= 4 is 5.97 Å². The molecule has 1 aliphatic heterocycles. The lowest BCUT2D eigenvalue weighted by molar-refractivity contribution is -0.153. The molecule has 1 heterocycles. The first-order valence-corrected chi connectivity index (χ1v) is 11.9. The summed E-state index contributed by atoms with van der Waals surface area (Å²) in [6, 6.07) is 14.5. The van der Waals surface area contributed by atoms with Crippen molar-refractivity contribution < 1.29 is 42.7 Å². The summed E-state index contributed by atoms with van der Waals surface area (Å²) in [6.45, 7) is 1.37. The lowest BCUT2D eigenvalue weighted by atomic mass is 9.79. The minimum Gasteiger partial charge on any atom is -0.497 e. The Labute approximate surface area is 222 Å².